The standard InChI is InChI=1S/C6H13N5/c1-4-6(2,7)5-8-9-10-11(5)3/h4,7H2,1-3H3. The summed E-state index contributed by atoms with van der Waals surface area (Å²) in [6.45, 7) is 3.92. The molecule has 1 aromatic heterocycles. The number of aromatic nitrogens is 4. The van der Waals surface area contributed by atoms with Crippen LogP contribution in [0.1, 0.15) is 26.1 Å². The van der Waals surface area contributed by atoms with Crippen LogP contribution in [-0.4, -0.2) is 20.2 Å². The summed E-state index contributed by atoms with van der Waals surface area (Å²) in [5.41, 5.74) is 5.50. The summed E-state index contributed by atoms with van der Waals surface area (Å²) in [6, 6.07) is 0. The van der Waals surface area contributed by atoms with Crippen molar-refractivity contribution < 1.29 is 0 Å². The molecule has 1 heterocycles. The zero-order chi connectivity index (χ0) is 8.48. The van der Waals surface area contributed by atoms with Crippen LogP contribution in [0.15, 0.2) is 0 Å². The highest BCUT2D eigenvalue weighted by molar-refractivity contribution is 4.98. The molecule has 0 saturated heterocycles. The first kappa shape index (κ1) is 8.13. The third-order valence-electron chi connectivity index (χ3n) is 1.87. The SMILES string of the molecule is CCC(C)(N)c1nnnn1C. The Balaban J connectivity index is 3.00. The van der Waals surface area contributed by atoms with Crippen LogP contribution in [0.3, 0.4) is 0 Å². The van der Waals surface area contributed by atoms with Gasteiger partial charge in [0, 0.05) is 7.05 Å². The van der Waals surface area contributed by atoms with Crippen molar-refractivity contribution in [2.45, 2.75) is 25.8 Å². The summed E-state index contributed by atoms with van der Waals surface area (Å²) in [5.74, 6) is 0.722. The van der Waals surface area contributed by atoms with Gasteiger partial charge in [-0.3, -0.25) is 0 Å². The van der Waals surface area contributed by atoms with E-state index in [1.807, 2.05) is 13.8 Å². The molecular weight excluding hydrogens is 142 g/mol. The van der Waals surface area contributed by atoms with Crippen molar-refractivity contribution in [3.8, 4) is 0 Å². The van der Waals surface area contributed by atoms with Gasteiger partial charge in [-0.05, 0) is 23.8 Å². The maximum atomic E-state index is 5.92. The summed E-state index contributed by atoms with van der Waals surface area (Å²) in [7, 11) is 1.79. The molecule has 5 nitrogen and oxygen atoms in total. The lowest BCUT2D eigenvalue weighted by atomic mass is 10.00. The number of tetrazole rings is 1. The van der Waals surface area contributed by atoms with E-state index in [9.17, 15) is 0 Å². The van der Waals surface area contributed by atoms with Crippen LogP contribution in [0.2, 0.25) is 0 Å². The van der Waals surface area contributed by atoms with Gasteiger partial charge in [-0.15, -0.1) is 5.10 Å². The van der Waals surface area contributed by atoms with Crippen LogP contribution in [0.25, 0.3) is 0 Å². The molecule has 0 amide bonds. The second kappa shape index (κ2) is 2.58. The van der Waals surface area contributed by atoms with Gasteiger partial charge in [-0.1, -0.05) is 6.92 Å². The number of hydrogen-bond donors (Lipinski definition) is 1. The van der Waals surface area contributed by atoms with Crippen molar-refractivity contribution in [2.24, 2.45) is 12.8 Å². The molecule has 0 aliphatic heterocycles. The molecule has 1 atom stereocenters. The van der Waals surface area contributed by atoms with Gasteiger partial charge in [0.05, 0.1) is 5.54 Å². The second-order valence-corrected chi connectivity index (χ2v) is 2.90. The zero-order valence-electron chi connectivity index (χ0n) is 7.07. The van der Waals surface area contributed by atoms with Crippen LogP contribution in [0, 0.1) is 0 Å². The lowest BCUT2D eigenvalue weighted by Crippen LogP contribution is -2.35. The normalized spacial score (nSPS) is 16.4. The minimum atomic E-state index is -0.418. The highest BCUT2D eigenvalue weighted by Crippen LogP contribution is 2.16. The van der Waals surface area contributed by atoms with Crippen LogP contribution >= 0.6 is 0 Å². The van der Waals surface area contributed by atoms with Gasteiger partial charge in [0.1, 0.15) is 0 Å². The fraction of sp³-hybridized carbons (Fsp3) is 0.833. The van der Waals surface area contributed by atoms with E-state index in [0.29, 0.717) is 0 Å². The molecule has 0 aliphatic rings. The van der Waals surface area contributed by atoms with Crippen LogP contribution < -0.4 is 5.73 Å². The first-order valence-electron chi connectivity index (χ1n) is 3.59. The number of hydrogen-bond acceptors (Lipinski definition) is 4. The Labute approximate surface area is 65.6 Å². The Bertz CT molecular complexity index is 239. The zero-order valence-corrected chi connectivity index (χ0v) is 7.07. The molecule has 62 valence electrons. The monoisotopic (exact) mass is 155 g/mol. The number of rotatable bonds is 2. The van der Waals surface area contributed by atoms with Crippen molar-refractivity contribution in [3.63, 3.8) is 0 Å². The Morgan fingerprint density at radius 1 is 1.64 bits per heavy atom. The van der Waals surface area contributed by atoms with E-state index in [-0.39, 0.29) is 0 Å². The van der Waals surface area contributed by atoms with E-state index >= 15 is 0 Å². The van der Waals surface area contributed by atoms with E-state index in [2.05, 4.69) is 15.5 Å². The van der Waals surface area contributed by atoms with Gasteiger partial charge < -0.3 is 5.73 Å². The first-order valence-corrected chi connectivity index (χ1v) is 3.59. The molecule has 0 aliphatic carbocycles. The quantitative estimate of drug-likeness (QED) is 0.641. The van der Waals surface area contributed by atoms with Crippen molar-refractivity contribution >= 4 is 0 Å². The van der Waals surface area contributed by atoms with Crippen molar-refractivity contribution in [2.75, 3.05) is 0 Å². The summed E-state index contributed by atoms with van der Waals surface area (Å²) >= 11 is 0. The molecule has 1 unspecified atom stereocenters. The maximum Gasteiger partial charge on any atom is 0.170 e. The minimum Gasteiger partial charge on any atom is -0.319 e. The van der Waals surface area contributed by atoms with Crippen LogP contribution in [0.4, 0.5) is 0 Å². The van der Waals surface area contributed by atoms with Gasteiger partial charge in [-0.2, -0.15) is 0 Å². The summed E-state index contributed by atoms with van der Waals surface area (Å²) in [6.07, 6.45) is 0.821. The lowest BCUT2D eigenvalue weighted by Gasteiger charge is -2.19. The van der Waals surface area contributed by atoms with Gasteiger partial charge >= 0.3 is 0 Å². The molecule has 0 aromatic carbocycles. The third kappa shape index (κ3) is 1.37. The molecule has 0 bridgehead atoms. The van der Waals surface area contributed by atoms with E-state index < -0.39 is 5.54 Å². The Morgan fingerprint density at radius 2 is 2.27 bits per heavy atom. The molecule has 0 saturated carbocycles. The molecule has 5 heteroatoms. The first-order chi connectivity index (χ1) is 5.08. The molecule has 11 heavy (non-hydrogen) atoms. The maximum absolute atomic E-state index is 5.92. The van der Waals surface area contributed by atoms with Crippen molar-refractivity contribution in [3.05, 3.63) is 5.82 Å². The second-order valence-electron chi connectivity index (χ2n) is 2.90. The summed E-state index contributed by atoms with van der Waals surface area (Å²) in [5, 5.41) is 11.1. The van der Waals surface area contributed by atoms with Crippen LogP contribution in [0.5, 0.6) is 0 Å². The summed E-state index contributed by atoms with van der Waals surface area (Å²) in [4.78, 5) is 0. The molecule has 2 N–H and O–H groups in total. The molecule has 0 fully saturated rings. The average Bonchev–Trinajstić information content (AvgIpc) is 2.36. The fourth-order valence-corrected chi connectivity index (χ4v) is 0.871. The van der Waals surface area contributed by atoms with E-state index in [0.717, 1.165) is 12.2 Å². The van der Waals surface area contributed by atoms with E-state index in [4.69, 9.17) is 5.73 Å². The molecule has 0 spiro atoms. The Morgan fingerprint density at radius 3 is 2.64 bits per heavy atom. The molecule has 1 aromatic rings. The van der Waals surface area contributed by atoms with E-state index in [1.54, 1.807) is 11.7 Å². The largest absolute Gasteiger partial charge is 0.319 e. The fourth-order valence-electron chi connectivity index (χ4n) is 0.871. The molecule has 1 rings (SSSR count). The number of nitrogens with zero attached hydrogens (tertiary/aromatic N) is 4. The predicted octanol–water partition coefficient (Wildman–Crippen LogP) is -0.206. The highest BCUT2D eigenvalue weighted by Gasteiger charge is 2.24. The number of nitrogens with two attached hydrogens (primary N) is 1. The highest BCUT2D eigenvalue weighted by atomic mass is 15.5. The smallest absolute Gasteiger partial charge is 0.170 e. The Kier molecular flexibility index (Phi) is 1.90. The molecule has 0 radical (unpaired) electrons. The minimum absolute atomic E-state index is 0.418. The van der Waals surface area contributed by atoms with Gasteiger partial charge in [0.2, 0.25) is 0 Å². The van der Waals surface area contributed by atoms with Crippen molar-refractivity contribution in [1.29, 1.82) is 0 Å². The lowest BCUT2D eigenvalue weighted by molar-refractivity contribution is 0.423. The third-order valence-corrected chi connectivity index (χ3v) is 1.87. The summed E-state index contributed by atoms with van der Waals surface area (Å²) < 4.78 is 1.60. The van der Waals surface area contributed by atoms with Gasteiger partial charge in [-0.25, -0.2) is 4.68 Å². The van der Waals surface area contributed by atoms with Gasteiger partial charge in [0.25, 0.3) is 0 Å². The predicted molar refractivity (Wildman–Crippen MR) is 40.6 cm³/mol. The topological polar surface area (TPSA) is 69.6 Å². The van der Waals surface area contributed by atoms with E-state index in [1.165, 1.54) is 0 Å². The van der Waals surface area contributed by atoms with Crippen LogP contribution in [-0.2, 0) is 12.6 Å². The molecular formula is C6H13N5. The van der Waals surface area contributed by atoms with Gasteiger partial charge in [0.15, 0.2) is 5.82 Å². The number of aryl methyl sites for hydroxylation is 1. The average molecular weight is 155 g/mol. The van der Waals surface area contributed by atoms with Crippen molar-refractivity contribution in [1.82, 2.24) is 20.2 Å². The Hall–Kier alpha value is -0.970.